The quantitative estimate of drug-likeness (QED) is 0.763. The lowest BCUT2D eigenvalue weighted by atomic mass is 9.99. The van der Waals surface area contributed by atoms with E-state index in [0.29, 0.717) is 0 Å². The van der Waals surface area contributed by atoms with Gasteiger partial charge in [0.15, 0.2) is 0 Å². The highest BCUT2D eigenvalue weighted by Crippen LogP contribution is 2.22. The molecule has 0 unspecified atom stereocenters. The lowest BCUT2D eigenvalue weighted by Gasteiger charge is -2.09. The van der Waals surface area contributed by atoms with Gasteiger partial charge in [0.2, 0.25) is 0 Å². The Labute approximate surface area is 93.4 Å². The topological polar surface area (TPSA) is 53.0 Å². The van der Waals surface area contributed by atoms with Crippen molar-refractivity contribution in [3.8, 4) is 11.1 Å². The number of carbonyl (C=O) groups excluding carboxylic acids is 1. The van der Waals surface area contributed by atoms with Gasteiger partial charge in [0, 0.05) is 30.3 Å². The van der Waals surface area contributed by atoms with Crippen molar-refractivity contribution in [2.75, 3.05) is 0 Å². The normalized spacial score (nSPS) is 10.0. The van der Waals surface area contributed by atoms with E-state index in [4.69, 9.17) is 0 Å². The first kappa shape index (κ1) is 10.4. The summed E-state index contributed by atoms with van der Waals surface area (Å²) < 4.78 is 0. The van der Waals surface area contributed by atoms with Crippen molar-refractivity contribution >= 4 is 5.97 Å². The van der Waals surface area contributed by atoms with Crippen LogP contribution in [-0.2, 0) is 11.2 Å². The SMILES string of the molecule is O=C([O-])Cc1ccccc1-c1cccnc1. The number of aromatic nitrogens is 1. The van der Waals surface area contributed by atoms with E-state index in [2.05, 4.69) is 4.98 Å². The predicted octanol–water partition coefficient (Wildman–Crippen LogP) is 1.04. The van der Waals surface area contributed by atoms with Crippen LogP contribution < -0.4 is 5.11 Å². The maximum Gasteiger partial charge on any atom is 0.0458 e. The number of carboxylic acid groups (broad SMARTS) is 1. The summed E-state index contributed by atoms with van der Waals surface area (Å²) in [7, 11) is 0. The monoisotopic (exact) mass is 212 g/mol. The third-order valence-electron chi connectivity index (χ3n) is 2.32. The molecule has 0 N–H and O–H groups in total. The predicted molar refractivity (Wildman–Crippen MR) is 58.4 cm³/mol. The summed E-state index contributed by atoms with van der Waals surface area (Å²) in [4.78, 5) is 14.6. The minimum atomic E-state index is -1.07. The molecule has 16 heavy (non-hydrogen) atoms. The van der Waals surface area contributed by atoms with Crippen LogP contribution in [0.15, 0.2) is 48.8 Å². The summed E-state index contributed by atoms with van der Waals surface area (Å²) in [5.41, 5.74) is 2.55. The molecule has 0 aliphatic heterocycles. The van der Waals surface area contributed by atoms with E-state index in [1.165, 1.54) is 0 Å². The first-order chi connectivity index (χ1) is 7.77. The highest BCUT2D eigenvalue weighted by Gasteiger charge is 2.04. The Morgan fingerprint density at radius 1 is 1.19 bits per heavy atom. The van der Waals surface area contributed by atoms with Gasteiger partial charge in [-0.1, -0.05) is 30.3 Å². The minimum Gasteiger partial charge on any atom is -0.550 e. The summed E-state index contributed by atoms with van der Waals surface area (Å²) in [6.45, 7) is 0. The van der Waals surface area contributed by atoms with E-state index in [-0.39, 0.29) is 6.42 Å². The standard InChI is InChI=1S/C13H11NO2/c15-13(16)8-10-4-1-2-6-12(10)11-5-3-7-14-9-11/h1-7,9H,8H2,(H,15,16)/p-1. The molecule has 3 heteroatoms. The van der Waals surface area contributed by atoms with E-state index in [1.54, 1.807) is 18.5 Å². The van der Waals surface area contributed by atoms with Crippen LogP contribution in [0, 0.1) is 0 Å². The largest absolute Gasteiger partial charge is 0.550 e. The molecule has 0 bridgehead atoms. The second-order valence-corrected chi connectivity index (χ2v) is 3.45. The van der Waals surface area contributed by atoms with Crippen LogP contribution in [0.5, 0.6) is 0 Å². The average Bonchev–Trinajstić information content (AvgIpc) is 2.30. The molecular formula is C13H10NO2-. The van der Waals surface area contributed by atoms with Crippen LogP contribution in [0.3, 0.4) is 0 Å². The Kier molecular flexibility index (Phi) is 2.96. The molecule has 3 nitrogen and oxygen atoms in total. The zero-order valence-electron chi connectivity index (χ0n) is 8.59. The zero-order chi connectivity index (χ0) is 11.4. The van der Waals surface area contributed by atoms with Crippen LogP contribution >= 0.6 is 0 Å². The number of hydrogen-bond acceptors (Lipinski definition) is 3. The third-order valence-corrected chi connectivity index (χ3v) is 2.32. The van der Waals surface area contributed by atoms with E-state index < -0.39 is 5.97 Å². The fraction of sp³-hybridized carbons (Fsp3) is 0.0769. The Morgan fingerprint density at radius 2 is 2.00 bits per heavy atom. The summed E-state index contributed by atoms with van der Waals surface area (Å²) >= 11 is 0. The van der Waals surface area contributed by atoms with E-state index in [0.717, 1.165) is 16.7 Å². The zero-order valence-corrected chi connectivity index (χ0v) is 8.59. The molecular weight excluding hydrogens is 202 g/mol. The van der Waals surface area contributed by atoms with Gasteiger partial charge in [-0.25, -0.2) is 0 Å². The van der Waals surface area contributed by atoms with Crippen LogP contribution in [0.25, 0.3) is 11.1 Å². The number of benzene rings is 1. The van der Waals surface area contributed by atoms with E-state index in [9.17, 15) is 9.90 Å². The number of aliphatic carboxylic acids is 1. The molecule has 0 aliphatic carbocycles. The molecule has 0 spiro atoms. The fourth-order valence-corrected chi connectivity index (χ4v) is 1.63. The minimum absolute atomic E-state index is 0.0783. The molecule has 0 saturated heterocycles. The van der Waals surface area contributed by atoms with Crippen LogP contribution in [0.4, 0.5) is 0 Å². The lowest BCUT2D eigenvalue weighted by molar-refractivity contribution is -0.304. The van der Waals surface area contributed by atoms with Crippen molar-refractivity contribution in [3.63, 3.8) is 0 Å². The maximum atomic E-state index is 10.6. The van der Waals surface area contributed by atoms with Gasteiger partial charge in [-0.2, -0.15) is 0 Å². The Balaban J connectivity index is 2.44. The maximum absolute atomic E-state index is 10.6. The number of rotatable bonds is 3. The Bertz CT molecular complexity index is 494. The van der Waals surface area contributed by atoms with Crippen molar-refractivity contribution in [2.24, 2.45) is 0 Å². The van der Waals surface area contributed by atoms with Gasteiger partial charge in [-0.05, 0) is 17.2 Å². The van der Waals surface area contributed by atoms with Crippen LogP contribution in [0.2, 0.25) is 0 Å². The summed E-state index contributed by atoms with van der Waals surface area (Å²) in [5, 5.41) is 10.6. The highest BCUT2D eigenvalue weighted by molar-refractivity contribution is 5.75. The number of pyridine rings is 1. The van der Waals surface area contributed by atoms with Crippen molar-refractivity contribution in [2.45, 2.75) is 6.42 Å². The van der Waals surface area contributed by atoms with Crippen LogP contribution in [-0.4, -0.2) is 11.0 Å². The molecule has 0 fully saturated rings. The van der Waals surface area contributed by atoms with E-state index in [1.807, 2.05) is 30.3 Å². The fourth-order valence-electron chi connectivity index (χ4n) is 1.63. The van der Waals surface area contributed by atoms with Gasteiger partial charge < -0.3 is 9.90 Å². The summed E-state index contributed by atoms with van der Waals surface area (Å²) in [6.07, 6.45) is 3.32. The van der Waals surface area contributed by atoms with E-state index >= 15 is 0 Å². The van der Waals surface area contributed by atoms with Gasteiger partial charge in [0.25, 0.3) is 0 Å². The molecule has 2 aromatic rings. The molecule has 0 amide bonds. The Hall–Kier alpha value is -2.16. The molecule has 0 saturated carbocycles. The second-order valence-electron chi connectivity index (χ2n) is 3.45. The molecule has 1 aromatic carbocycles. The number of carboxylic acids is 1. The smallest absolute Gasteiger partial charge is 0.0458 e. The molecule has 1 heterocycles. The molecule has 0 aliphatic rings. The van der Waals surface area contributed by atoms with Crippen molar-refractivity contribution in [1.82, 2.24) is 4.98 Å². The van der Waals surface area contributed by atoms with Crippen LogP contribution in [0.1, 0.15) is 5.56 Å². The number of nitrogens with zero attached hydrogens (tertiary/aromatic N) is 1. The van der Waals surface area contributed by atoms with Gasteiger partial charge in [0.1, 0.15) is 0 Å². The molecule has 0 radical (unpaired) electrons. The highest BCUT2D eigenvalue weighted by atomic mass is 16.4. The van der Waals surface area contributed by atoms with Gasteiger partial charge in [-0.15, -0.1) is 0 Å². The summed E-state index contributed by atoms with van der Waals surface area (Å²) in [6, 6.07) is 11.1. The van der Waals surface area contributed by atoms with Crippen molar-refractivity contribution in [3.05, 3.63) is 54.4 Å². The second kappa shape index (κ2) is 4.57. The van der Waals surface area contributed by atoms with Crippen molar-refractivity contribution < 1.29 is 9.90 Å². The molecule has 1 aromatic heterocycles. The Morgan fingerprint density at radius 3 is 2.69 bits per heavy atom. The summed E-state index contributed by atoms with van der Waals surface area (Å²) in [5.74, 6) is -1.07. The molecule has 2 rings (SSSR count). The van der Waals surface area contributed by atoms with Gasteiger partial charge in [0.05, 0.1) is 0 Å². The van der Waals surface area contributed by atoms with Gasteiger partial charge >= 0.3 is 0 Å². The van der Waals surface area contributed by atoms with Crippen molar-refractivity contribution in [1.29, 1.82) is 0 Å². The average molecular weight is 212 g/mol. The molecule has 0 atom stereocenters. The van der Waals surface area contributed by atoms with Gasteiger partial charge in [-0.3, -0.25) is 4.98 Å². The lowest BCUT2D eigenvalue weighted by Crippen LogP contribution is -2.24. The first-order valence-corrected chi connectivity index (χ1v) is 4.95. The first-order valence-electron chi connectivity index (χ1n) is 4.95. The number of carbonyl (C=O) groups is 1. The number of hydrogen-bond donors (Lipinski definition) is 0. The molecule has 80 valence electrons. The third kappa shape index (κ3) is 2.25.